The normalized spacial score (nSPS) is 20.2. The summed E-state index contributed by atoms with van der Waals surface area (Å²) in [6, 6.07) is 8.59. The molecule has 0 saturated carbocycles. The minimum atomic E-state index is -2.69. The molecule has 0 spiro atoms. The van der Waals surface area contributed by atoms with Gasteiger partial charge in [-0.25, -0.2) is 13.6 Å². The molecule has 2 atom stereocenters. The topological polar surface area (TPSA) is 120 Å². The van der Waals surface area contributed by atoms with Crippen molar-refractivity contribution in [2.45, 2.75) is 37.5 Å². The fraction of sp³-hybridized carbons (Fsp3) is 0.440. The minimum Gasteiger partial charge on any atom is -0.486 e. The molecule has 5 N–H and O–H groups in total. The first-order chi connectivity index (χ1) is 18.1. The number of piperidine rings is 1. The maximum Gasteiger partial charge on any atom is 0.316 e. The Bertz CT molecular complexity index is 1150. The molecule has 2 saturated heterocycles. The average molecular weight is 572 g/mol. The van der Waals surface area contributed by atoms with E-state index in [2.05, 4.69) is 10.6 Å². The fourth-order valence-corrected chi connectivity index (χ4v) is 5.12. The Balaban J connectivity index is 1.39. The molecule has 1 unspecified atom stereocenters. The molecule has 0 aliphatic carbocycles. The molecule has 0 aromatic heterocycles. The van der Waals surface area contributed by atoms with E-state index in [1.807, 2.05) is 0 Å². The molecule has 2 aliphatic rings. The number of carbonyl (C=O) groups is 2. The summed E-state index contributed by atoms with van der Waals surface area (Å²) >= 11 is 12.1. The Kier molecular flexibility index (Phi) is 9.14. The number of hydrogen-bond acceptors (Lipinski definition) is 6. The molecule has 206 valence electrons. The standard InChI is InChI=1S/C25H29Cl2F2N5O4/c26-15-3-1-14(2-4-15)24(36)33-7-5-16(6-8-33)31-19-11-34(12-21(19)35)20-10-22(38-13-23(28)29)17(27)9-18(20)32-25(30)37/h1-4,9-10,16,19,21,23,31,35H,5-8,11-13H2,(H3,30,32,37)/t19?,21-/m1/s1. The summed E-state index contributed by atoms with van der Waals surface area (Å²) in [5.41, 5.74) is 6.59. The van der Waals surface area contributed by atoms with Gasteiger partial charge in [-0.1, -0.05) is 23.2 Å². The van der Waals surface area contributed by atoms with Crippen LogP contribution in [0.3, 0.4) is 0 Å². The van der Waals surface area contributed by atoms with Gasteiger partial charge in [0.15, 0.2) is 0 Å². The highest BCUT2D eigenvalue weighted by atomic mass is 35.5. The van der Waals surface area contributed by atoms with Crippen LogP contribution < -0.4 is 26.0 Å². The largest absolute Gasteiger partial charge is 0.486 e. The van der Waals surface area contributed by atoms with Crippen LogP contribution in [0.2, 0.25) is 10.0 Å². The SMILES string of the molecule is NC(=O)Nc1cc(Cl)c(OCC(F)F)cc1N1CC(NC2CCN(C(=O)c3ccc(Cl)cc3)CC2)[C@H](O)C1. The molecule has 0 radical (unpaired) electrons. The highest BCUT2D eigenvalue weighted by Crippen LogP contribution is 2.38. The molecule has 2 fully saturated rings. The number of rotatable bonds is 8. The Labute approximate surface area is 228 Å². The van der Waals surface area contributed by atoms with Gasteiger partial charge < -0.3 is 36.0 Å². The maximum absolute atomic E-state index is 12.8. The summed E-state index contributed by atoms with van der Waals surface area (Å²) in [5.74, 6) is -0.0186. The molecule has 0 bridgehead atoms. The summed E-state index contributed by atoms with van der Waals surface area (Å²) in [5, 5.41) is 17.4. The Morgan fingerprint density at radius 3 is 2.45 bits per heavy atom. The number of aliphatic hydroxyl groups is 1. The quantitative estimate of drug-likeness (QED) is 0.384. The van der Waals surface area contributed by atoms with Crippen LogP contribution in [0.5, 0.6) is 5.75 Å². The molecule has 3 amide bonds. The predicted molar refractivity (Wildman–Crippen MR) is 142 cm³/mol. The number of halogens is 4. The lowest BCUT2D eigenvalue weighted by Gasteiger charge is -2.34. The summed E-state index contributed by atoms with van der Waals surface area (Å²) in [4.78, 5) is 27.9. The lowest BCUT2D eigenvalue weighted by molar-refractivity contribution is 0.0691. The smallest absolute Gasteiger partial charge is 0.316 e. The minimum absolute atomic E-state index is 0.0283. The van der Waals surface area contributed by atoms with Crippen molar-refractivity contribution in [3.8, 4) is 5.75 Å². The van der Waals surface area contributed by atoms with Crippen molar-refractivity contribution in [2.24, 2.45) is 5.73 Å². The molecule has 9 nitrogen and oxygen atoms in total. The van der Waals surface area contributed by atoms with E-state index in [4.69, 9.17) is 33.7 Å². The molecule has 13 heteroatoms. The lowest BCUT2D eigenvalue weighted by Crippen LogP contribution is -2.50. The van der Waals surface area contributed by atoms with Crippen LogP contribution in [0.4, 0.5) is 25.0 Å². The number of aliphatic hydroxyl groups excluding tert-OH is 1. The van der Waals surface area contributed by atoms with Gasteiger partial charge in [-0.05, 0) is 43.2 Å². The van der Waals surface area contributed by atoms with Crippen LogP contribution in [0, 0.1) is 0 Å². The second-order valence-corrected chi connectivity index (χ2v) is 10.2. The number of alkyl halides is 2. The molecular weight excluding hydrogens is 543 g/mol. The van der Waals surface area contributed by atoms with Crippen LogP contribution in [-0.4, -0.2) is 79.3 Å². The first kappa shape index (κ1) is 28.2. The van der Waals surface area contributed by atoms with Crippen molar-refractivity contribution >= 4 is 46.5 Å². The number of nitrogens with two attached hydrogens (primary N) is 1. The Morgan fingerprint density at radius 1 is 1.13 bits per heavy atom. The third kappa shape index (κ3) is 6.96. The van der Waals surface area contributed by atoms with Gasteiger partial charge in [-0.2, -0.15) is 0 Å². The van der Waals surface area contributed by atoms with Gasteiger partial charge in [0.1, 0.15) is 12.4 Å². The number of amides is 3. The van der Waals surface area contributed by atoms with Crippen molar-refractivity contribution in [3.63, 3.8) is 0 Å². The van der Waals surface area contributed by atoms with Gasteiger partial charge >= 0.3 is 6.03 Å². The molecule has 2 aromatic carbocycles. The molecule has 38 heavy (non-hydrogen) atoms. The van der Waals surface area contributed by atoms with E-state index in [1.54, 1.807) is 34.1 Å². The average Bonchev–Trinajstić information content (AvgIpc) is 3.23. The van der Waals surface area contributed by atoms with Gasteiger partial charge in [0.05, 0.1) is 28.5 Å². The summed E-state index contributed by atoms with van der Waals surface area (Å²) < 4.78 is 30.5. The van der Waals surface area contributed by atoms with Crippen LogP contribution >= 0.6 is 23.2 Å². The van der Waals surface area contributed by atoms with Crippen molar-refractivity contribution < 1.29 is 28.2 Å². The molecule has 4 rings (SSSR count). The summed E-state index contributed by atoms with van der Waals surface area (Å²) in [6.07, 6.45) is -2.01. The number of β-amino-alcohol motifs (C(OH)–C–C–N with tert-alkyl or cyclic N) is 1. The number of ether oxygens (including phenoxy) is 1. The van der Waals surface area contributed by atoms with E-state index in [1.165, 1.54) is 12.1 Å². The highest BCUT2D eigenvalue weighted by Gasteiger charge is 2.35. The number of anilines is 2. The predicted octanol–water partition coefficient (Wildman–Crippen LogP) is 3.57. The second kappa shape index (κ2) is 12.3. The van der Waals surface area contributed by atoms with E-state index in [0.717, 1.165) is 0 Å². The van der Waals surface area contributed by atoms with E-state index < -0.39 is 25.2 Å². The van der Waals surface area contributed by atoms with Gasteiger partial charge in [0.2, 0.25) is 0 Å². The molecular formula is C25H29Cl2F2N5O4. The number of nitrogens with zero attached hydrogens (tertiary/aromatic N) is 2. The van der Waals surface area contributed by atoms with Crippen LogP contribution in [0.25, 0.3) is 0 Å². The van der Waals surface area contributed by atoms with Crippen molar-refractivity contribution in [1.29, 1.82) is 0 Å². The van der Waals surface area contributed by atoms with Crippen LogP contribution in [0.1, 0.15) is 23.2 Å². The maximum atomic E-state index is 12.8. The van der Waals surface area contributed by atoms with Crippen molar-refractivity contribution in [3.05, 3.63) is 52.0 Å². The summed E-state index contributed by atoms with van der Waals surface area (Å²) in [7, 11) is 0. The first-order valence-corrected chi connectivity index (χ1v) is 12.9. The van der Waals surface area contributed by atoms with E-state index in [-0.39, 0.29) is 41.0 Å². The zero-order valence-electron chi connectivity index (χ0n) is 20.4. The zero-order chi connectivity index (χ0) is 27.4. The fourth-order valence-electron chi connectivity index (χ4n) is 4.77. The van der Waals surface area contributed by atoms with Crippen LogP contribution in [-0.2, 0) is 0 Å². The Hall–Kier alpha value is -2.86. The number of urea groups is 1. The summed E-state index contributed by atoms with van der Waals surface area (Å²) in [6.45, 7) is 0.887. The van der Waals surface area contributed by atoms with Gasteiger partial charge in [-0.15, -0.1) is 0 Å². The molecule has 2 heterocycles. The van der Waals surface area contributed by atoms with Crippen LogP contribution in [0.15, 0.2) is 36.4 Å². The van der Waals surface area contributed by atoms with Gasteiger partial charge in [0.25, 0.3) is 12.3 Å². The third-order valence-corrected chi connectivity index (χ3v) is 7.17. The molecule has 2 aliphatic heterocycles. The molecule has 2 aromatic rings. The number of hydrogen-bond donors (Lipinski definition) is 4. The van der Waals surface area contributed by atoms with Gasteiger partial charge in [-0.3, -0.25) is 4.79 Å². The third-order valence-electron chi connectivity index (χ3n) is 6.63. The second-order valence-electron chi connectivity index (χ2n) is 9.31. The van der Waals surface area contributed by atoms with E-state index in [9.17, 15) is 23.5 Å². The number of primary amides is 1. The van der Waals surface area contributed by atoms with E-state index in [0.29, 0.717) is 48.7 Å². The number of likely N-dealkylation sites (tertiary alicyclic amines) is 1. The number of carbonyl (C=O) groups excluding carboxylic acids is 2. The van der Waals surface area contributed by atoms with E-state index >= 15 is 0 Å². The van der Waals surface area contributed by atoms with Crippen molar-refractivity contribution in [2.75, 3.05) is 43.0 Å². The lowest BCUT2D eigenvalue weighted by atomic mass is 10.0. The highest BCUT2D eigenvalue weighted by molar-refractivity contribution is 6.32. The monoisotopic (exact) mass is 571 g/mol. The number of nitrogens with one attached hydrogen (secondary N) is 2. The first-order valence-electron chi connectivity index (χ1n) is 12.2. The Morgan fingerprint density at radius 2 is 1.82 bits per heavy atom. The van der Waals surface area contributed by atoms with Crippen molar-refractivity contribution in [1.82, 2.24) is 10.2 Å². The van der Waals surface area contributed by atoms with Gasteiger partial charge in [0, 0.05) is 48.9 Å². The zero-order valence-corrected chi connectivity index (χ0v) is 21.9. The number of benzene rings is 2.